The Bertz CT molecular complexity index is 882. The Balaban J connectivity index is 1.51. The van der Waals surface area contributed by atoms with E-state index >= 15 is 0 Å². The summed E-state index contributed by atoms with van der Waals surface area (Å²) >= 11 is 0. The van der Waals surface area contributed by atoms with Crippen LogP contribution in [0.25, 0.3) is 6.08 Å². The molecule has 1 aliphatic rings. The van der Waals surface area contributed by atoms with Crippen LogP contribution in [0.5, 0.6) is 11.5 Å². The lowest BCUT2D eigenvalue weighted by molar-refractivity contribution is -0.142. The third kappa shape index (κ3) is 5.13. The molecule has 0 saturated carbocycles. The average Bonchev–Trinajstić information content (AvgIpc) is 3.18. The van der Waals surface area contributed by atoms with Gasteiger partial charge in [-0.15, -0.1) is 0 Å². The van der Waals surface area contributed by atoms with Crippen molar-refractivity contribution >= 4 is 23.6 Å². The highest BCUT2D eigenvalue weighted by Gasteiger charge is 2.12. The minimum Gasteiger partial charge on any atom is -0.497 e. The summed E-state index contributed by atoms with van der Waals surface area (Å²) in [6.45, 7) is -0.346. The fraction of sp³-hybridized carbons (Fsp3) is 0.273. The summed E-state index contributed by atoms with van der Waals surface area (Å²) in [5.74, 6) is 0.246. The van der Waals surface area contributed by atoms with Crippen LogP contribution in [0.4, 0.5) is 5.69 Å². The molecule has 0 spiro atoms. The normalized spacial score (nSPS) is 12.5. The number of anilines is 1. The smallest absolute Gasteiger partial charge is 0.331 e. The van der Waals surface area contributed by atoms with Gasteiger partial charge in [0.1, 0.15) is 11.5 Å². The van der Waals surface area contributed by atoms with E-state index < -0.39 is 5.97 Å². The van der Waals surface area contributed by atoms with Crippen LogP contribution in [0.3, 0.4) is 0 Å². The molecule has 1 N–H and O–H groups in total. The predicted molar refractivity (Wildman–Crippen MR) is 107 cm³/mol. The number of carbonyl (C=O) groups is 2. The first kappa shape index (κ1) is 19.5. The number of amides is 1. The lowest BCUT2D eigenvalue weighted by Gasteiger charge is -2.08. The fourth-order valence-corrected chi connectivity index (χ4v) is 3.12. The van der Waals surface area contributed by atoms with Gasteiger partial charge >= 0.3 is 5.97 Å². The van der Waals surface area contributed by atoms with Crippen LogP contribution < -0.4 is 14.8 Å². The predicted octanol–water partition coefficient (Wildman–Crippen LogP) is 3.39. The Morgan fingerprint density at radius 1 is 1.00 bits per heavy atom. The second-order valence-electron chi connectivity index (χ2n) is 6.47. The summed E-state index contributed by atoms with van der Waals surface area (Å²) in [7, 11) is 3.10. The van der Waals surface area contributed by atoms with Crippen molar-refractivity contribution in [3.8, 4) is 11.5 Å². The summed E-state index contributed by atoms with van der Waals surface area (Å²) in [5, 5.41) is 2.76. The molecule has 0 fully saturated rings. The average molecular weight is 381 g/mol. The number of carbonyl (C=O) groups excluding carboxylic acids is 2. The summed E-state index contributed by atoms with van der Waals surface area (Å²) in [5.41, 5.74) is 4.05. The van der Waals surface area contributed by atoms with E-state index in [2.05, 4.69) is 5.32 Å². The lowest BCUT2D eigenvalue weighted by Crippen LogP contribution is -2.20. The molecule has 2 aromatic carbocycles. The number of hydrogen-bond acceptors (Lipinski definition) is 5. The van der Waals surface area contributed by atoms with Crippen molar-refractivity contribution in [2.45, 2.75) is 19.3 Å². The maximum absolute atomic E-state index is 12.0. The SMILES string of the molecule is COc1cc(/C=C/C(=O)OCC(=O)Nc2ccc3c(c2)CCC3)cc(OC)c1. The Labute approximate surface area is 164 Å². The quantitative estimate of drug-likeness (QED) is 0.588. The highest BCUT2D eigenvalue weighted by molar-refractivity contribution is 5.94. The van der Waals surface area contributed by atoms with E-state index in [4.69, 9.17) is 14.2 Å². The molecule has 2 aromatic rings. The molecule has 1 aliphatic carbocycles. The summed E-state index contributed by atoms with van der Waals surface area (Å²) in [4.78, 5) is 23.9. The van der Waals surface area contributed by atoms with Gasteiger partial charge in [0.25, 0.3) is 5.91 Å². The number of esters is 1. The van der Waals surface area contributed by atoms with Crippen molar-refractivity contribution in [1.29, 1.82) is 0 Å². The van der Waals surface area contributed by atoms with E-state index in [9.17, 15) is 9.59 Å². The van der Waals surface area contributed by atoms with E-state index in [1.807, 2.05) is 18.2 Å². The van der Waals surface area contributed by atoms with E-state index in [0.717, 1.165) is 30.5 Å². The number of rotatable bonds is 7. The molecular formula is C22H23NO5. The van der Waals surface area contributed by atoms with Crippen LogP contribution in [-0.2, 0) is 27.2 Å². The minimum absolute atomic E-state index is 0.346. The third-order valence-electron chi connectivity index (χ3n) is 4.51. The zero-order valence-corrected chi connectivity index (χ0v) is 16.0. The molecule has 0 saturated heterocycles. The topological polar surface area (TPSA) is 73.9 Å². The second-order valence-corrected chi connectivity index (χ2v) is 6.47. The Kier molecular flexibility index (Phi) is 6.32. The van der Waals surface area contributed by atoms with Crippen LogP contribution in [0.1, 0.15) is 23.1 Å². The van der Waals surface area contributed by atoms with Crippen molar-refractivity contribution in [3.63, 3.8) is 0 Å². The highest BCUT2D eigenvalue weighted by Crippen LogP contribution is 2.25. The molecule has 0 radical (unpaired) electrons. The van der Waals surface area contributed by atoms with E-state index in [1.165, 1.54) is 17.2 Å². The molecule has 0 aromatic heterocycles. The van der Waals surface area contributed by atoms with Gasteiger partial charge in [-0.25, -0.2) is 4.79 Å². The Hall–Kier alpha value is -3.28. The minimum atomic E-state index is -0.606. The maximum Gasteiger partial charge on any atom is 0.331 e. The Morgan fingerprint density at radius 2 is 1.71 bits per heavy atom. The van der Waals surface area contributed by atoms with E-state index in [1.54, 1.807) is 38.5 Å². The molecule has 0 aliphatic heterocycles. The van der Waals surface area contributed by atoms with Gasteiger partial charge < -0.3 is 19.5 Å². The number of fused-ring (bicyclic) bond motifs is 1. The molecule has 0 atom stereocenters. The zero-order valence-electron chi connectivity index (χ0n) is 16.0. The van der Waals surface area contributed by atoms with Gasteiger partial charge in [-0.05, 0) is 66.3 Å². The number of methoxy groups -OCH3 is 2. The largest absolute Gasteiger partial charge is 0.497 e. The molecule has 146 valence electrons. The molecule has 1 amide bonds. The monoisotopic (exact) mass is 381 g/mol. The van der Waals surface area contributed by atoms with Crippen LogP contribution in [-0.4, -0.2) is 32.7 Å². The zero-order chi connectivity index (χ0) is 19.9. The summed E-state index contributed by atoms with van der Waals surface area (Å²) in [6, 6.07) is 11.1. The van der Waals surface area contributed by atoms with Crippen molar-refractivity contribution in [3.05, 3.63) is 59.2 Å². The van der Waals surface area contributed by atoms with Crippen molar-refractivity contribution in [2.24, 2.45) is 0 Å². The molecule has 6 heteroatoms. The van der Waals surface area contributed by atoms with Crippen LogP contribution in [0.15, 0.2) is 42.5 Å². The first-order chi connectivity index (χ1) is 13.6. The second kappa shape index (κ2) is 9.08. The summed E-state index contributed by atoms with van der Waals surface area (Å²) in [6.07, 6.45) is 6.11. The molecule has 0 unspecified atom stereocenters. The molecule has 0 heterocycles. The van der Waals surface area contributed by atoms with Gasteiger partial charge in [0, 0.05) is 17.8 Å². The maximum atomic E-state index is 12.0. The standard InChI is InChI=1S/C22H23NO5/c1-26-19-10-15(11-20(13-19)27-2)6-9-22(25)28-14-21(24)23-18-8-7-16-4-3-5-17(16)12-18/h6-13H,3-5,14H2,1-2H3,(H,23,24)/b9-6+. The highest BCUT2D eigenvalue weighted by atomic mass is 16.5. The van der Waals surface area contributed by atoms with Gasteiger partial charge in [0.15, 0.2) is 6.61 Å². The number of hydrogen-bond donors (Lipinski definition) is 1. The molecule has 0 bridgehead atoms. The molecular weight excluding hydrogens is 358 g/mol. The third-order valence-corrected chi connectivity index (χ3v) is 4.51. The van der Waals surface area contributed by atoms with Crippen molar-refractivity contribution in [1.82, 2.24) is 0 Å². The first-order valence-corrected chi connectivity index (χ1v) is 9.07. The van der Waals surface area contributed by atoms with Gasteiger partial charge in [0.05, 0.1) is 14.2 Å². The van der Waals surface area contributed by atoms with Gasteiger partial charge in [-0.3, -0.25) is 4.79 Å². The van der Waals surface area contributed by atoms with Crippen LogP contribution in [0, 0.1) is 0 Å². The fourth-order valence-electron chi connectivity index (χ4n) is 3.12. The van der Waals surface area contributed by atoms with Gasteiger partial charge in [0.2, 0.25) is 0 Å². The van der Waals surface area contributed by atoms with E-state index in [-0.39, 0.29) is 12.5 Å². The molecule has 28 heavy (non-hydrogen) atoms. The first-order valence-electron chi connectivity index (χ1n) is 9.07. The van der Waals surface area contributed by atoms with Crippen molar-refractivity contribution < 1.29 is 23.8 Å². The Morgan fingerprint density at radius 3 is 2.43 bits per heavy atom. The lowest BCUT2D eigenvalue weighted by atomic mass is 10.1. The van der Waals surface area contributed by atoms with Crippen molar-refractivity contribution in [2.75, 3.05) is 26.1 Å². The van der Waals surface area contributed by atoms with Crippen LogP contribution >= 0.6 is 0 Å². The van der Waals surface area contributed by atoms with E-state index in [0.29, 0.717) is 11.5 Å². The molecule has 6 nitrogen and oxygen atoms in total. The van der Waals surface area contributed by atoms with Crippen LogP contribution in [0.2, 0.25) is 0 Å². The number of ether oxygens (including phenoxy) is 3. The summed E-state index contributed by atoms with van der Waals surface area (Å²) < 4.78 is 15.4. The van der Waals surface area contributed by atoms with Gasteiger partial charge in [-0.1, -0.05) is 6.07 Å². The number of nitrogens with one attached hydrogen (secondary N) is 1. The molecule has 3 rings (SSSR count). The van der Waals surface area contributed by atoms with Gasteiger partial charge in [-0.2, -0.15) is 0 Å². The number of benzene rings is 2. The number of aryl methyl sites for hydroxylation is 2.